The van der Waals surface area contributed by atoms with E-state index in [0.717, 1.165) is 41.6 Å². The minimum absolute atomic E-state index is 0.247. The molecule has 0 saturated carbocycles. The largest absolute Gasteiger partial charge is 0.378 e. The molecular formula is C16H23Cl2NO. The first-order valence-corrected chi connectivity index (χ1v) is 8.26. The van der Waals surface area contributed by atoms with Crippen LogP contribution in [-0.2, 0) is 4.74 Å². The third kappa shape index (κ3) is 4.63. The summed E-state index contributed by atoms with van der Waals surface area (Å²) in [5, 5.41) is 5.03. The van der Waals surface area contributed by atoms with Gasteiger partial charge in [0.1, 0.15) is 0 Å². The van der Waals surface area contributed by atoms with Crippen molar-refractivity contribution in [1.29, 1.82) is 0 Å². The first-order valence-electron chi connectivity index (χ1n) is 7.50. The molecule has 1 fully saturated rings. The third-order valence-corrected chi connectivity index (χ3v) is 4.41. The lowest BCUT2D eigenvalue weighted by Gasteiger charge is -2.26. The summed E-state index contributed by atoms with van der Waals surface area (Å²) in [5.41, 5.74) is 1.09. The van der Waals surface area contributed by atoms with Crippen molar-refractivity contribution in [3.8, 4) is 0 Å². The fraction of sp³-hybridized carbons (Fsp3) is 0.625. The van der Waals surface area contributed by atoms with Gasteiger partial charge in [-0.15, -0.1) is 0 Å². The van der Waals surface area contributed by atoms with Gasteiger partial charge in [-0.25, -0.2) is 0 Å². The molecule has 1 N–H and O–H groups in total. The minimum atomic E-state index is 0.247. The molecule has 1 heterocycles. The van der Waals surface area contributed by atoms with Crippen LogP contribution >= 0.6 is 23.2 Å². The normalized spacial score (nSPS) is 20.9. The van der Waals surface area contributed by atoms with Crippen molar-refractivity contribution in [2.75, 3.05) is 13.2 Å². The van der Waals surface area contributed by atoms with Gasteiger partial charge in [0, 0.05) is 22.7 Å². The molecule has 0 aromatic heterocycles. The van der Waals surface area contributed by atoms with E-state index >= 15 is 0 Å². The van der Waals surface area contributed by atoms with Gasteiger partial charge >= 0.3 is 0 Å². The average molecular weight is 316 g/mol. The van der Waals surface area contributed by atoms with Crippen LogP contribution in [0, 0.1) is 0 Å². The number of rotatable bonds is 6. The average Bonchev–Trinajstić information content (AvgIpc) is 2.47. The van der Waals surface area contributed by atoms with Gasteiger partial charge < -0.3 is 10.1 Å². The van der Waals surface area contributed by atoms with E-state index in [2.05, 4.69) is 12.2 Å². The molecule has 1 aromatic rings. The molecule has 1 aromatic carbocycles. The van der Waals surface area contributed by atoms with Crippen LogP contribution in [0.2, 0.25) is 10.0 Å². The van der Waals surface area contributed by atoms with Crippen molar-refractivity contribution in [1.82, 2.24) is 5.32 Å². The molecule has 2 atom stereocenters. The van der Waals surface area contributed by atoms with Gasteiger partial charge in [0.2, 0.25) is 0 Å². The number of hydrogen-bond donors (Lipinski definition) is 1. The van der Waals surface area contributed by atoms with Gasteiger partial charge in [0.05, 0.1) is 6.10 Å². The zero-order valence-corrected chi connectivity index (χ0v) is 13.5. The third-order valence-electron chi connectivity index (χ3n) is 3.84. The van der Waals surface area contributed by atoms with Crippen LogP contribution < -0.4 is 5.32 Å². The van der Waals surface area contributed by atoms with Crippen LogP contribution in [0.15, 0.2) is 18.2 Å². The Morgan fingerprint density at radius 1 is 1.35 bits per heavy atom. The van der Waals surface area contributed by atoms with E-state index in [4.69, 9.17) is 27.9 Å². The predicted molar refractivity (Wildman–Crippen MR) is 85.7 cm³/mol. The molecule has 1 saturated heterocycles. The monoisotopic (exact) mass is 315 g/mol. The van der Waals surface area contributed by atoms with E-state index in [1.807, 2.05) is 18.2 Å². The summed E-state index contributed by atoms with van der Waals surface area (Å²) in [5.74, 6) is 0. The highest BCUT2D eigenvalue weighted by molar-refractivity contribution is 6.33. The Hall–Kier alpha value is -0.280. The Bertz CT molecular complexity index is 419. The maximum Gasteiger partial charge on any atom is 0.0575 e. The molecule has 0 radical (unpaired) electrons. The van der Waals surface area contributed by atoms with Crippen molar-refractivity contribution in [3.05, 3.63) is 33.8 Å². The molecule has 2 unspecified atom stereocenters. The highest BCUT2D eigenvalue weighted by Crippen LogP contribution is 2.30. The van der Waals surface area contributed by atoms with Crippen LogP contribution in [0.1, 0.15) is 50.6 Å². The molecule has 20 heavy (non-hydrogen) atoms. The molecule has 1 aliphatic rings. The maximum absolute atomic E-state index is 6.32. The van der Waals surface area contributed by atoms with Crippen molar-refractivity contribution < 1.29 is 4.74 Å². The van der Waals surface area contributed by atoms with Crippen LogP contribution in [0.4, 0.5) is 0 Å². The fourth-order valence-corrected chi connectivity index (χ4v) is 3.21. The molecule has 2 nitrogen and oxygen atoms in total. The van der Waals surface area contributed by atoms with Crippen LogP contribution in [-0.4, -0.2) is 19.3 Å². The molecule has 2 rings (SSSR count). The van der Waals surface area contributed by atoms with Gasteiger partial charge in [-0.2, -0.15) is 0 Å². The van der Waals surface area contributed by atoms with Crippen molar-refractivity contribution in [2.24, 2.45) is 0 Å². The van der Waals surface area contributed by atoms with E-state index in [1.54, 1.807) is 0 Å². The second-order valence-electron chi connectivity index (χ2n) is 5.34. The summed E-state index contributed by atoms with van der Waals surface area (Å²) in [6, 6.07) is 5.93. The van der Waals surface area contributed by atoms with Crippen LogP contribution in [0.3, 0.4) is 0 Å². The lowest BCUT2D eigenvalue weighted by molar-refractivity contribution is 0.00857. The summed E-state index contributed by atoms with van der Waals surface area (Å²) >= 11 is 12.4. The van der Waals surface area contributed by atoms with E-state index < -0.39 is 0 Å². The zero-order valence-electron chi connectivity index (χ0n) is 12.0. The first-order chi connectivity index (χ1) is 9.70. The quantitative estimate of drug-likeness (QED) is 0.798. The molecule has 0 bridgehead atoms. The number of benzene rings is 1. The standard InChI is InChI=1S/C16H23Cl2NO/c1-2-19-16(9-7-13-5-3-4-10-20-13)14-11-12(17)6-8-15(14)18/h6,8,11,13,16,19H,2-5,7,9-10H2,1H3. The SMILES string of the molecule is CCNC(CCC1CCCCO1)c1cc(Cl)ccc1Cl. The molecule has 4 heteroatoms. The molecule has 0 amide bonds. The second-order valence-corrected chi connectivity index (χ2v) is 6.19. The Kier molecular flexibility index (Phi) is 6.63. The molecule has 0 aliphatic carbocycles. The summed E-state index contributed by atoms with van der Waals surface area (Å²) in [6.45, 7) is 3.94. The van der Waals surface area contributed by atoms with Gasteiger partial charge in [0.15, 0.2) is 0 Å². The molecular weight excluding hydrogens is 293 g/mol. The maximum atomic E-state index is 6.32. The smallest absolute Gasteiger partial charge is 0.0575 e. The lowest BCUT2D eigenvalue weighted by atomic mass is 9.97. The van der Waals surface area contributed by atoms with Crippen molar-refractivity contribution >= 4 is 23.2 Å². The lowest BCUT2D eigenvalue weighted by Crippen LogP contribution is -2.25. The number of hydrogen-bond acceptors (Lipinski definition) is 2. The number of ether oxygens (including phenoxy) is 1. The Balaban J connectivity index is 2.00. The summed E-state index contributed by atoms with van der Waals surface area (Å²) < 4.78 is 5.81. The molecule has 1 aliphatic heterocycles. The van der Waals surface area contributed by atoms with Gasteiger partial charge in [0.25, 0.3) is 0 Å². The Morgan fingerprint density at radius 2 is 2.20 bits per heavy atom. The highest BCUT2D eigenvalue weighted by Gasteiger charge is 2.19. The Morgan fingerprint density at radius 3 is 2.90 bits per heavy atom. The van der Waals surface area contributed by atoms with Crippen molar-refractivity contribution in [2.45, 2.75) is 51.2 Å². The fourth-order valence-electron chi connectivity index (χ4n) is 2.78. The van der Waals surface area contributed by atoms with Gasteiger partial charge in [-0.3, -0.25) is 0 Å². The van der Waals surface area contributed by atoms with Gasteiger partial charge in [-0.05, 0) is 62.4 Å². The topological polar surface area (TPSA) is 21.3 Å². The van der Waals surface area contributed by atoms with E-state index in [1.165, 1.54) is 19.3 Å². The van der Waals surface area contributed by atoms with E-state index in [-0.39, 0.29) is 6.04 Å². The molecule has 0 spiro atoms. The predicted octanol–water partition coefficient (Wildman–Crippen LogP) is 4.99. The summed E-state index contributed by atoms with van der Waals surface area (Å²) in [6.07, 6.45) is 6.17. The van der Waals surface area contributed by atoms with Crippen molar-refractivity contribution in [3.63, 3.8) is 0 Å². The summed E-state index contributed by atoms with van der Waals surface area (Å²) in [7, 11) is 0. The van der Waals surface area contributed by atoms with Crippen LogP contribution in [0.5, 0.6) is 0 Å². The Labute approximate surface area is 131 Å². The van der Waals surface area contributed by atoms with E-state index in [9.17, 15) is 0 Å². The first kappa shape index (κ1) is 16.1. The van der Waals surface area contributed by atoms with Crippen LogP contribution in [0.25, 0.3) is 0 Å². The zero-order chi connectivity index (χ0) is 14.4. The van der Waals surface area contributed by atoms with E-state index in [0.29, 0.717) is 6.10 Å². The number of halogens is 2. The highest BCUT2D eigenvalue weighted by atomic mass is 35.5. The van der Waals surface area contributed by atoms with Gasteiger partial charge in [-0.1, -0.05) is 30.1 Å². The molecule has 112 valence electrons. The number of nitrogens with one attached hydrogen (secondary N) is 1. The summed E-state index contributed by atoms with van der Waals surface area (Å²) in [4.78, 5) is 0. The minimum Gasteiger partial charge on any atom is -0.378 e. The second kappa shape index (κ2) is 8.23.